The first kappa shape index (κ1) is 11.1. The van der Waals surface area contributed by atoms with E-state index in [9.17, 15) is 0 Å². The Bertz CT molecular complexity index is 535. The molecule has 1 aromatic heterocycles. The fourth-order valence-corrected chi connectivity index (χ4v) is 1.81. The summed E-state index contributed by atoms with van der Waals surface area (Å²) in [4.78, 5) is 4.32. The van der Waals surface area contributed by atoms with E-state index in [2.05, 4.69) is 15.5 Å². The number of nitrogens with zero attached hydrogens (tertiary/aromatic N) is 2. The van der Waals surface area contributed by atoms with Gasteiger partial charge in [-0.15, -0.1) is 0 Å². The summed E-state index contributed by atoms with van der Waals surface area (Å²) in [6.45, 7) is 0. The normalized spacial score (nSPS) is 14.5. The lowest BCUT2D eigenvalue weighted by Gasteiger charge is -2.04. The van der Waals surface area contributed by atoms with Crippen LogP contribution in [0.5, 0.6) is 5.75 Å². The molecule has 1 N–H and O–H groups in total. The number of hydrogen-bond donors (Lipinski definition) is 1. The summed E-state index contributed by atoms with van der Waals surface area (Å²) in [5, 5.41) is 7.14. The lowest BCUT2D eigenvalue weighted by Crippen LogP contribution is -2.01. The molecule has 5 heteroatoms. The molecule has 94 valence electrons. The van der Waals surface area contributed by atoms with Gasteiger partial charge in [-0.2, -0.15) is 4.98 Å². The molecule has 0 bridgehead atoms. The van der Waals surface area contributed by atoms with Gasteiger partial charge in [0.1, 0.15) is 5.75 Å². The molecule has 1 heterocycles. The quantitative estimate of drug-likeness (QED) is 0.875. The molecule has 18 heavy (non-hydrogen) atoms. The molecule has 0 spiro atoms. The van der Waals surface area contributed by atoms with Gasteiger partial charge in [-0.05, 0) is 18.9 Å². The van der Waals surface area contributed by atoms with Crippen molar-refractivity contribution in [1.29, 1.82) is 0 Å². The minimum absolute atomic E-state index is 0.516. The van der Waals surface area contributed by atoms with E-state index in [1.165, 1.54) is 12.8 Å². The minimum atomic E-state index is 0.516. The van der Waals surface area contributed by atoms with Crippen LogP contribution in [-0.4, -0.2) is 23.3 Å². The van der Waals surface area contributed by atoms with Gasteiger partial charge in [-0.25, -0.2) is 0 Å². The summed E-state index contributed by atoms with van der Waals surface area (Å²) in [7, 11) is 1.66. The maximum atomic E-state index is 5.30. The minimum Gasteiger partial charge on any atom is -0.496 e. The summed E-state index contributed by atoms with van der Waals surface area (Å²) >= 11 is 0. The van der Waals surface area contributed by atoms with Crippen molar-refractivity contribution in [2.45, 2.75) is 25.3 Å². The van der Waals surface area contributed by atoms with Crippen LogP contribution in [0.1, 0.15) is 24.2 Å². The standard InChI is InChI=1S/C13H15N3O2/c1-17-11-5-3-2-4-9(11)8-12-15-13(18-16-12)14-10-6-7-10/h2-5,10H,6-8H2,1H3,(H,14,15,16). The van der Waals surface area contributed by atoms with E-state index >= 15 is 0 Å². The van der Waals surface area contributed by atoms with Gasteiger partial charge in [0.25, 0.3) is 0 Å². The Kier molecular flexibility index (Phi) is 2.88. The van der Waals surface area contributed by atoms with Gasteiger partial charge >= 0.3 is 6.01 Å². The van der Waals surface area contributed by atoms with Gasteiger partial charge in [0.2, 0.25) is 0 Å². The van der Waals surface area contributed by atoms with Crippen molar-refractivity contribution in [3.8, 4) is 5.75 Å². The first-order valence-corrected chi connectivity index (χ1v) is 6.06. The largest absolute Gasteiger partial charge is 0.496 e. The van der Waals surface area contributed by atoms with Crippen molar-refractivity contribution in [1.82, 2.24) is 10.1 Å². The second-order valence-electron chi connectivity index (χ2n) is 4.42. The first-order valence-electron chi connectivity index (χ1n) is 6.06. The molecule has 0 unspecified atom stereocenters. The number of rotatable bonds is 5. The van der Waals surface area contributed by atoms with Crippen LogP contribution in [0.2, 0.25) is 0 Å². The van der Waals surface area contributed by atoms with Gasteiger partial charge in [0, 0.05) is 18.0 Å². The van der Waals surface area contributed by atoms with Gasteiger partial charge in [0.15, 0.2) is 5.82 Å². The van der Waals surface area contributed by atoms with Crippen LogP contribution in [0.15, 0.2) is 28.8 Å². The van der Waals surface area contributed by atoms with Crippen LogP contribution in [0.3, 0.4) is 0 Å². The number of ether oxygens (including phenoxy) is 1. The van der Waals surface area contributed by atoms with Crippen molar-refractivity contribution in [2.75, 3.05) is 12.4 Å². The second kappa shape index (κ2) is 4.68. The van der Waals surface area contributed by atoms with Crippen LogP contribution in [0.4, 0.5) is 6.01 Å². The van der Waals surface area contributed by atoms with E-state index in [1.807, 2.05) is 24.3 Å². The lowest BCUT2D eigenvalue weighted by molar-refractivity contribution is 0.408. The highest BCUT2D eigenvalue weighted by Crippen LogP contribution is 2.24. The van der Waals surface area contributed by atoms with Gasteiger partial charge in [0.05, 0.1) is 7.11 Å². The number of benzene rings is 1. The van der Waals surface area contributed by atoms with E-state index in [0.717, 1.165) is 11.3 Å². The Hall–Kier alpha value is -2.04. The number of hydrogen-bond acceptors (Lipinski definition) is 5. The molecular weight excluding hydrogens is 230 g/mol. The Morgan fingerprint density at radius 3 is 3.00 bits per heavy atom. The van der Waals surface area contributed by atoms with Crippen molar-refractivity contribution < 1.29 is 9.26 Å². The third-order valence-corrected chi connectivity index (χ3v) is 2.91. The maximum Gasteiger partial charge on any atom is 0.321 e. The maximum absolute atomic E-state index is 5.30. The third-order valence-electron chi connectivity index (χ3n) is 2.91. The summed E-state index contributed by atoms with van der Waals surface area (Å²) in [5.74, 6) is 1.52. The van der Waals surface area contributed by atoms with E-state index < -0.39 is 0 Å². The predicted octanol–water partition coefficient (Wildman–Crippen LogP) is 2.24. The Balaban J connectivity index is 1.72. The number of para-hydroxylation sites is 1. The Morgan fingerprint density at radius 1 is 1.39 bits per heavy atom. The van der Waals surface area contributed by atoms with Gasteiger partial charge in [-0.3, -0.25) is 0 Å². The predicted molar refractivity (Wildman–Crippen MR) is 66.7 cm³/mol. The SMILES string of the molecule is COc1ccccc1Cc1noc(NC2CC2)n1. The van der Waals surface area contributed by atoms with Crippen molar-refractivity contribution in [3.63, 3.8) is 0 Å². The van der Waals surface area contributed by atoms with E-state index in [0.29, 0.717) is 24.3 Å². The Morgan fingerprint density at radius 2 is 2.22 bits per heavy atom. The molecule has 0 aliphatic heterocycles. The average Bonchev–Trinajstić information content (AvgIpc) is 3.10. The monoisotopic (exact) mass is 245 g/mol. The fraction of sp³-hybridized carbons (Fsp3) is 0.385. The highest BCUT2D eigenvalue weighted by molar-refractivity contribution is 5.35. The van der Waals surface area contributed by atoms with Crippen LogP contribution in [0.25, 0.3) is 0 Å². The zero-order chi connectivity index (χ0) is 12.4. The summed E-state index contributed by atoms with van der Waals surface area (Å²) in [6, 6.07) is 8.88. The van der Waals surface area contributed by atoms with Crippen LogP contribution >= 0.6 is 0 Å². The third kappa shape index (κ3) is 2.45. The van der Waals surface area contributed by atoms with Crippen molar-refractivity contribution >= 4 is 6.01 Å². The zero-order valence-electron chi connectivity index (χ0n) is 10.2. The van der Waals surface area contributed by atoms with Crippen molar-refractivity contribution in [3.05, 3.63) is 35.7 Å². The molecule has 0 amide bonds. The summed E-state index contributed by atoms with van der Waals surface area (Å²) in [5.41, 5.74) is 1.05. The Labute approximate surface area is 105 Å². The number of aromatic nitrogens is 2. The molecule has 1 saturated carbocycles. The van der Waals surface area contributed by atoms with Gasteiger partial charge in [-0.1, -0.05) is 23.4 Å². The number of methoxy groups -OCH3 is 1. The topological polar surface area (TPSA) is 60.2 Å². The van der Waals surface area contributed by atoms with Gasteiger partial charge < -0.3 is 14.6 Å². The molecule has 1 aliphatic rings. The summed E-state index contributed by atoms with van der Waals surface area (Å²) < 4.78 is 10.4. The van der Waals surface area contributed by atoms with Crippen LogP contribution in [-0.2, 0) is 6.42 Å². The number of nitrogens with one attached hydrogen (secondary N) is 1. The van der Waals surface area contributed by atoms with E-state index in [4.69, 9.17) is 9.26 Å². The summed E-state index contributed by atoms with van der Waals surface area (Å²) in [6.07, 6.45) is 2.98. The lowest BCUT2D eigenvalue weighted by atomic mass is 10.1. The number of anilines is 1. The first-order chi connectivity index (χ1) is 8.85. The fourth-order valence-electron chi connectivity index (χ4n) is 1.81. The van der Waals surface area contributed by atoms with Crippen molar-refractivity contribution in [2.24, 2.45) is 0 Å². The van der Waals surface area contributed by atoms with E-state index in [1.54, 1.807) is 7.11 Å². The van der Waals surface area contributed by atoms with Crippen LogP contribution in [0, 0.1) is 0 Å². The highest BCUT2D eigenvalue weighted by atomic mass is 16.5. The molecule has 0 saturated heterocycles. The molecule has 1 aromatic carbocycles. The molecular formula is C13H15N3O2. The van der Waals surface area contributed by atoms with Crippen LogP contribution < -0.4 is 10.1 Å². The molecule has 2 aromatic rings. The molecule has 5 nitrogen and oxygen atoms in total. The molecule has 1 fully saturated rings. The second-order valence-corrected chi connectivity index (χ2v) is 4.42. The average molecular weight is 245 g/mol. The van der Waals surface area contributed by atoms with E-state index in [-0.39, 0.29) is 0 Å². The molecule has 0 radical (unpaired) electrons. The highest BCUT2D eigenvalue weighted by Gasteiger charge is 2.23. The smallest absolute Gasteiger partial charge is 0.321 e. The molecule has 0 atom stereocenters. The molecule has 3 rings (SSSR count). The zero-order valence-corrected chi connectivity index (χ0v) is 10.2. The molecule has 1 aliphatic carbocycles.